The van der Waals surface area contributed by atoms with Crippen molar-refractivity contribution in [2.75, 3.05) is 36.4 Å². The first kappa shape index (κ1) is 21.0. The summed E-state index contributed by atoms with van der Waals surface area (Å²) in [6.45, 7) is 3.59. The van der Waals surface area contributed by atoms with Crippen LogP contribution in [0, 0.1) is 11.8 Å². The molecule has 2 saturated heterocycles. The number of nitrogens with zero attached hydrogens (tertiary/aromatic N) is 2. The molecule has 0 unspecified atom stereocenters. The topological polar surface area (TPSA) is 52.7 Å². The Kier molecular flexibility index (Phi) is 6.15. The number of hydrogen-bond donors (Lipinski definition) is 1. The molecule has 2 amide bonds. The van der Waals surface area contributed by atoms with Gasteiger partial charge in [-0.25, -0.2) is 0 Å². The van der Waals surface area contributed by atoms with Gasteiger partial charge in [0.1, 0.15) is 0 Å². The van der Waals surface area contributed by atoms with Crippen LogP contribution in [0.3, 0.4) is 0 Å². The summed E-state index contributed by atoms with van der Waals surface area (Å²) in [5, 5.41) is 3.03. The summed E-state index contributed by atoms with van der Waals surface area (Å²) in [4.78, 5) is 30.0. The molecule has 0 atom stereocenters. The monoisotopic (exact) mass is 431 g/mol. The molecular weight excluding hydrogens is 398 g/mol. The van der Waals surface area contributed by atoms with Crippen LogP contribution in [-0.2, 0) is 11.2 Å². The summed E-state index contributed by atoms with van der Waals surface area (Å²) in [7, 11) is 0. The maximum Gasteiger partial charge on any atom is 0.256 e. The number of hydrogen-bond acceptors (Lipinski definition) is 3. The zero-order valence-corrected chi connectivity index (χ0v) is 18.8. The average Bonchev–Trinajstić information content (AvgIpc) is 3.54. The Morgan fingerprint density at radius 3 is 2.28 bits per heavy atom. The van der Waals surface area contributed by atoms with Crippen LogP contribution >= 0.6 is 0 Å². The Balaban J connectivity index is 1.31. The second kappa shape index (κ2) is 9.35. The van der Waals surface area contributed by atoms with Crippen LogP contribution in [0.25, 0.3) is 0 Å². The fraction of sp³-hybridized carbons (Fsp3) is 0.481. The van der Waals surface area contributed by atoms with E-state index in [1.165, 1.54) is 5.56 Å². The van der Waals surface area contributed by atoms with E-state index >= 15 is 0 Å². The Labute approximate surface area is 190 Å². The summed E-state index contributed by atoms with van der Waals surface area (Å²) in [5.74, 6) is 1.02. The second-order valence-electron chi connectivity index (χ2n) is 9.61. The highest BCUT2D eigenvalue weighted by Crippen LogP contribution is 2.33. The summed E-state index contributed by atoms with van der Waals surface area (Å²) in [6.07, 6.45) is 7.48. The van der Waals surface area contributed by atoms with Gasteiger partial charge in [-0.1, -0.05) is 30.3 Å². The van der Waals surface area contributed by atoms with Gasteiger partial charge >= 0.3 is 0 Å². The van der Waals surface area contributed by atoms with E-state index in [9.17, 15) is 9.59 Å². The number of carbonyl (C=O) groups excluding carboxylic acids is 2. The highest BCUT2D eigenvalue weighted by molar-refractivity contribution is 6.02. The maximum absolute atomic E-state index is 13.4. The van der Waals surface area contributed by atoms with E-state index in [1.807, 2.05) is 23.1 Å². The Morgan fingerprint density at radius 2 is 1.59 bits per heavy atom. The highest BCUT2D eigenvalue weighted by Gasteiger charge is 2.31. The van der Waals surface area contributed by atoms with E-state index < -0.39 is 0 Å². The van der Waals surface area contributed by atoms with Crippen molar-refractivity contribution >= 4 is 23.2 Å². The fourth-order valence-corrected chi connectivity index (χ4v) is 5.07. The zero-order valence-electron chi connectivity index (χ0n) is 18.8. The smallest absolute Gasteiger partial charge is 0.256 e. The number of amides is 2. The third-order valence-electron chi connectivity index (χ3n) is 7.16. The van der Waals surface area contributed by atoms with Crippen molar-refractivity contribution < 1.29 is 9.59 Å². The van der Waals surface area contributed by atoms with Gasteiger partial charge in [-0.15, -0.1) is 0 Å². The number of piperidine rings is 1. The molecule has 5 rings (SSSR count). The van der Waals surface area contributed by atoms with Gasteiger partial charge < -0.3 is 15.1 Å². The Bertz CT molecular complexity index is 956. The van der Waals surface area contributed by atoms with Crippen LogP contribution < -0.4 is 10.2 Å². The van der Waals surface area contributed by atoms with Gasteiger partial charge in [-0.3, -0.25) is 9.59 Å². The predicted molar refractivity (Wildman–Crippen MR) is 128 cm³/mol. The molecule has 5 nitrogen and oxygen atoms in total. The van der Waals surface area contributed by atoms with Crippen molar-refractivity contribution in [1.82, 2.24) is 4.90 Å². The van der Waals surface area contributed by atoms with E-state index in [2.05, 4.69) is 40.5 Å². The third-order valence-corrected chi connectivity index (χ3v) is 7.16. The van der Waals surface area contributed by atoms with Crippen molar-refractivity contribution in [3.05, 3.63) is 59.7 Å². The van der Waals surface area contributed by atoms with Gasteiger partial charge in [0.25, 0.3) is 5.91 Å². The molecule has 5 heteroatoms. The molecule has 0 spiro atoms. The minimum absolute atomic E-state index is 0.0825. The molecular formula is C27H33N3O2. The lowest BCUT2D eigenvalue weighted by atomic mass is 9.89. The van der Waals surface area contributed by atoms with E-state index in [0.29, 0.717) is 5.92 Å². The number of nitrogens with one attached hydrogen (secondary N) is 1. The maximum atomic E-state index is 13.4. The van der Waals surface area contributed by atoms with Crippen molar-refractivity contribution in [3.63, 3.8) is 0 Å². The lowest BCUT2D eigenvalue weighted by molar-refractivity contribution is -0.117. The van der Waals surface area contributed by atoms with Gasteiger partial charge in [0.2, 0.25) is 5.91 Å². The van der Waals surface area contributed by atoms with Crippen LogP contribution in [0.1, 0.15) is 54.4 Å². The predicted octanol–water partition coefficient (Wildman–Crippen LogP) is 4.73. The van der Waals surface area contributed by atoms with Crippen LogP contribution in [0.2, 0.25) is 0 Å². The minimum atomic E-state index is 0.0825. The lowest BCUT2D eigenvalue weighted by Gasteiger charge is -2.35. The van der Waals surface area contributed by atoms with Crippen molar-refractivity contribution in [1.29, 1.82) is 0 Å². The molecule has 2 aromatic carbocycles. The van der Waals surface area contributed by atoms with Crippen molar-refractivity contribution in [3.8, 4) is 0 Å². The van der Waals surface area contributed by atoms with Gasteiger partial charge in [-0.05, 0) is 74.6 Å². The summed E-state index contributed by atoms with van der Waals surface area (Å²) < 4.78 is 0. The Morgan fingerprint density at radius 1 is 0.875 bits per heavy atom. The molecule has 168 valence electrons. The molecule has 1 aliphatic carbocycles. The van der Waals surface area contributed by atoms with Crippen LogP contribution in [0.15, 0.2) is 48.5 Å². The highest BCUT2D eigenvalue weighted by atomic mass is 16.2. The molecule has 1 saturated carbocycles. The molecule has 2 aliphatic heterocycles. The molecule has 2 heterocycles. The number of carbonyl (C=O) groups is 2. The van der Waals surface area contributed by atoms with Gasteiger partial charge in [0, 0.05) is 43.5 Å². The van der Waals surface area contributed by atoms with Gasteiger partial charge in [0.05, 0.1) is 5.56 Å². The first-order valence-corrected chi connectivity index (χ1v) is 12.2. The molecule has 32 heavy (non-hydrogen) atoms. The first-order chi connectivity index (χ1) is 15.7. The third kappa shape index (κ3) is 4.82. The van der Waals surface area contributed by atoms with Crippen molar-refractivity contribution in [2.24, 2.45) is 11.8 Å². The minimum Gasteiger partial charge on any atom is -0.371 e. The molecule has 3 fully saturated rings. The van der Waals surface area contributed by atoms with Gasteiger partial charge in [-0.2, -0.15) is 0 Å². The zero-order chi connectivity index (χ0) is 21.9. The van der Waals surface area contributed by atoms with E-state index in [-0.39, 0.29) is 17.7 Å². The standard InChI is InChI=1S/C27H33N3O2/c31-26(22-8-9-22)28-23-10-11-25(24(19-23)27(32)30-14-4-5-15-30)29-16-12-21(13-17-29)18-20-6-2-1-3-7-20/h1-3,6-7,10-11,19,21-22H,4-5,8-9,12-18H2,(H,28,31). The van der Waals surface area contributed by atoms with Gasteiger partial charge in [0.15, 0.2) is 0 Å². The summed E-state index contributed by atoms with van der Waals surface area (Å²) in [5.41, 5.74) is 3.91. The Hall–Kier alpha value is -2.82. The SMILES string of the molecule is O=C(Nc1ccc(N2CCC(Cc3ccccc3)CC2)c(C(=O)N2CCCC2)c1)C1CC1. The quantitative estimate of drug-likeness (QED) is 0.719. The van der Waals surface area contributed by atoms with E-state index in [0.717, 1.165) is 88.1 Å². The van der Waals surface area contributed by atoms with Crippen LogP contribution in [0.4, 0.5) is 11.4 Å². The number of likely N-dealkylation sites (tertiary alicyclic amines) is 1. The second-order valence-corrected chi connectivity index (χ2v) is 9.61. The molecule has 0 bridgehead atoms. The van der Waals surface area contributed by atoms with Crippen LogP contribution in [-0.4, -0.2) is 42.9 Å². The molecule has 1 N–H and O–H groups in total. The average molecular weight is 432 g/mol. The number of benzene rings is 2. The molecule has 3 aliphatic rings. The largest absolute Gasteiger partial charge is 0.371 e. The molecule has 2 aromatic rings. The molecule has 0 radical (unpaired) electrons. The number of rotatable bonds is 6. The summed E-state index contributed by atoms with van der Waals surface area (Å²) >= 11 is 0. The van der Waals surface area contributed by atoms with Crippen molar-refractivity contribution in [2.45, 2.75) is 44.9 Å². The van der Waals surface area contributed by atoms with E-state index in [1.54, 1.807) is 0 Å². The molecule has 0 aromatic heterocycles. The van der Waals surface area contributed by atoms with Crippen LogP contribution in [0.5, 0.6) is 0 Å². The lowest BCUT2D eigenvalue weighted by Crippen LogP contribution is -2.36. The fourth-order valence-electron chi connectivity index (χ4n) is 5.07. The first-order valence-electron chi connectivity index (χ1n) is 12.2. The summed E-state index contributed by atoms with van der Waals surface area (Å²) in [6, 6.07) is 16.7. The number of anilines is 2. The van der Waals surface area contributed by atoms with E-state index in [4.69, 9.17) is 0 Å². The normalized spacial score (nSPS) is 19.2.